The molecule has 1 aromatic rings. The van der Waals surface area contributed by atoms with Crippen LogP contribution in [0, 0.1) is 0 Å². The molecule has 0 radical (unpaired) electrons. The van der Waals surface area contributed by atoms with Gasteiger partial charge in [-0.1, -0.05) is 18.2 Å². The van der Waals surface area contributed by atoms with Gasteiger partial charge in [-0.3, -0.25) is 4.79 Å². The Hall–Kier alpha value is -1.92. The molecule has 0 bridgehead atoms. The molecule has 1 fully saturated rings. The lowest BCUT2D eigenvalue weighted by Gasteiger charge is -2.11. The maximum atomic E-state index is 11.8. The number of hydrogen-bond acceptors (Lipinski definition) is 4. The van der Waals surface area contributed by atoms with Crippen molar-refractivity contribution in [3.05, 3.63) is 35.4 Å². The van der Waals surface area contributed by atoms with Gasteiger partial charge in [0.25, 0.3) is 0 Å². The van der Waals surface area contributed by atoms with Gasteiger partial charge in [-0.15, -0.1) is 0 Å². The van der Waals surface area contributed by atoms with Gasteiger partial charge in [0.2, 0.25) is 5.91 Å². The Morgan fingerprint density at radius 2 is 2.10 bits per heavy atom. The SMILES string of the molecule is O=C(O)c1ccccc1CCNC(=O)C1CC(O)CN1. The summed E-state index contributed by atoms with van der Waals surface area (Å²) in [5.41, 5.74) is 0.955. The first-order chi connectivity index (χ1) is 9.58. The predicted octanol–water partition coefficient (Wildman–Crippen LogP) is -0.234. The largest absolute Gasteiger partial charge is 0.478 e. The Labute approximate surface area is 116 Å². The fraction of sp³-hybridized carbons (Fsp3) is 0.429. The standard InChI is InChI=1S/C14H18N2O4/c17-10-7-12(16-8-10)13(18)15-6-5-9-3-1-2-4-11(9)14(19)20/h1-4,10,12,16-17H,5-8H2,(H,15,18)(H,19,20). The smallest absolute Gasteiger partial charge is 0.335 e. The molecule has 108 valence electrons. The van der Waals surface area contributed by atoms with Crippen LogP contribution in [0.3, 0.4) is 0 Å². The van der Waals surface area contributed by atoms with Crippen LogP contribution < -0.4 is 10.6 Å². The number of benzene rings is 1. The van der Waals surface area contributed by atoms with E-state index >= 15 is 0 Å². The second-order valence-electron chi connectivity index (χ2n) is 4.85. The third-order valence-electron chi connectivity index (χ3n) is 3.37. The van der Waals surface area contributed by atoms with Crippen molar-refractivity contribution in [2.24, 2.45) is 0 Å². The molecule has 0 saturated carbocycles. The highest BCUT2D eigenvalue weighted by molar-refractivity contribution is 5.89. The monoisotopic (exact) mass is 278 g/mol. The number of aromatic carboxylic acids is 1. The normalized spacial score (nSPS) is 21.6. The zero-order valence-corrected chi connectivity index (χ0v) is 11.0. The highest BCUT2D eigenvalue weighted by Crippen LogP contribution is 2.09. The minimum Gasteiger partial charge on any atom is -0.478 e. The number of carboxylic acids is 1. The summed E-state index contributed by atoms with van der Waals surface area (Å²) >= 11 is 0. The molecule has 0 aromatic heterocycles. The van der Waals surface area contributed by atoms with E-state index in [2.05, 4.69) is 10.6 Å². The average Bonchev–Trinajstić information content (AvgIpc) is 2.86. The fourth-order valence-electron chi connectivity index (χ4n) is 2.31. The Bertz CT molecular complexity index is 504. The summed E-state index contributed by atoms with van der Waals surface area (Å²) in [5, 5.41) is 24.1. The van der Waals surface area contributed by atoms with Gasteiger partial charge in [-0.25, -0.2) is 4.79 Å². The molecule has 0 spiro atoms. The van der Waals surface area contributed by atoms with Crippen molar-refractivity contribution >= 4 is 11.9 Å². The number of carbonyl (C=O) groups excluding carboxylic acids is 1. The van der Waals surface area contributed by atoms with E-state index in [-0.39, 0.29) is 17.5 Å². The first-order valence-corrected chi connectivity index (χ1v) is 6.58. The lowest BCUT2D eigenvalue weighted by atomic mass is 10.0. The summed E-state index contributed by atoms with van der Waals surface area (Å²) in [6.07, 6.45) is 0.402. The van der Waals surface area contributed by atoms with Gasteiger partial charge in [-0.2, -0.15) is 0 Å². The molecule has 6 heteroatoms. The molecular weight excluding hydrogens is 260 g/mol. The Balaban J connectivity index is 1.84. The zero-order valence-electron chi connectivity index (χ0n) is 11.0. The van der Waals surface area contributed by atoms with E-state index in [1.165, 1.54) is 0 Å². The highest BCUT2D eigenvalue weighted by Gasteiger charge is 2.27. The molecule has 20 heavy (non-hydrogen) atoms. The molecule has 1 amide bonds. The molecule has 1 saturated heterocycles. The molecule has 2 unspecified atom stereocenters. The summed E-state index contributed by atoms with van der Waals surface area (Å²) in [6, 6.07) is 6.38. The van der Waals surface area contributed by atoms with E-state index in [0.29, 0.717) is 31.5 Å². The van der Waals surface area contributed by atoms with Crippen LogP contribution in [0.2, 0.25) is 0 Å². The zero-order chi connectivity index (χ0) is 14.5. The molecule has 4 N–H and O–H groups in total. The van der Waals surface area contributed by atoms with Gasteiger partial charge in [0.15, 0.2) is 0 Å². The van der Waals surface area contributed by atoms with Crippen molar-refractivity contribution in [2.45, 2.75) is 25.0 Å². The lowest BCUT2D eigenvalue weighted by Crippen LogP contribution is -2.41. The van der Waals surface area contributed by atoms with Crippen LogP contribution >= 0.6 is 0 Å². The van der Waals surface area contributed by atoms with Crippen LogP contribution in [0.5, 0.6) is 0 Å². The number of carboxylic acid groups (broad SMARTS) is 1. The van der Waals surface area contributed by atoms with Crippen LogP contribution in [-0.2, 0) is 11.2 Å². The molecule has 6 nitrogen and oxygen atoms in total. The Kier molecular flexibility index (Phi) is 4.70. The molecule has 0 aliphatic carbocycles. The minimum atomic E-state index is -0.965. The quantitative estimate of drug-likeness (QED) is 0.596. The van der Waals surface area contributed by atoms with Crippen LogP contribution in [0.4, 0.5) is 0 Å². The lowest BCUT2D eigenvalue weighted by molar-refractivity contribution is -0.122. The molecule has 1 aromatic carbocycles. The summed E-state index contributed by atoms with van der Waals surface area (Å²) in [5.74, 6) is -1.12. The highest BCUT2D eigenvalue weighted by atomic mass is 16.4. The number of hydrogen-bond donors (Lipinski definition) is 4. The van der Waals surface area contributed by atoms with Gasteiger partial charge >= 0.3 is 5.97 Å². The van der Waals surface area contributed by atoms with E-state index in [0.717, 1.165) is 0 Å². The first-order valence-electron chi connectivity index (χ1n) is 6.58. The maximum Gasteiger partial charge on any atom is 0.335 e. The minimum absolute atomic E-state index is 0.158. The topological polar surface area (TPSA) is 98.7 Å². The number of aliphatic hydroxyl groups is 1. The van der Waals surface area contributed by atoms with Crippen LogP contribution in [-0.4, -0.2) is 47.3 Å². The predicted molar refractivity (Wildman–Crippen MR) is 72.5 cm³/mol. The van der Waals surface area contributed by atoms with Gasteiger partial charge in [-0.05, 0) is 24.5 Å². The molecular formula is C14H18N2O4. The first kappa shape index (κ1) is 14.5. The molecule has 1 aliphatic heterocycles. The van der Waals surface area contributed by atoms with Gasteiger partial charge in [0.1, 0.15) is 0 Å². The van der Waals surface area contributed by atoms with E-state index in [9.17, 15) is 14.7 Å². The van der Waals surface area contributed by atoms with Crippen LogP contribution in [0.15, 0.2) is 24.3 Å². The number of amides is 1. The molecule has 1 heterocycles. The second kappa shape index (κ2) is 6.49. The number of β-amino-alcohol motifs (C(OH)–C–C–N with tert-alkyl or cyclic N) is 1. The Morgan fingerprint density at radius 3 is 2.75 bits per heavy atom. The number of nitrogens with one attached hydrogen (secondary N) is 2. The molecule has 2 atom stereocenters. The molecule has 2 rings (SSSR count). The van der Waals surface area contributed by atoms with Crippen molar-refractivity contribution < 1.29 is 19.8 Å². The average molecular weight is 278 g/mol. The van der Waals surface area contributed by atoms with Gasteiger partial charge in [0, 0.05) is 13.1 Å². The van der Waals surface area contributed by atoms with Crippen LogP contribution in [0.25, 0.3) is 0 Å². The van der Waals surface area contributed by atoms with E-state index in [4.69, 9.17) is 5.11 Å². The number of aliphatic hydroxyl groups excluding tert-OH is 1. The van der Waals surface area contributed by atoms with E-state index in [1.54, 1.807) is 24.3 Å². The fourth-order valence-corrected chi connectivity index (χ4v) is 2.31. The third-order valence-corrected chi connectivity index (χ3v) is 3.37. The Morgan fingerprint density at radius 1 is 1.35 bits per heavy atom. The summed E-state index contributed by atoms with van der Waals surface area (Å²) in [4.78, 5) is 22.8. The second-order valence-corrected chi connectivity index (χ2v) is 4.85. The number of carbonyl (C=O) groups is 2. The van der Waals surface area contributed by atoms with Crippen LogP contribution in [0.1, 0.15) is 22.3 Å². The van der Waals surface area contributed by atoms with Crippen molar-refractivity contribution in [2.75, 3.05) is 13.1 Å². The maximum absolute atomic E-state index is 11.8. The van der Waals surface area contributed by atoms with Gasteiger partial charge in [0.05, 0.1) is 17.7 Å². The van der Waals surface area contributed by atoms with E-state index < -0.39 is 12.1 Å². The summed E-state index contributed by atoms with van der Waals surface area (Å²) in [6.45, 7) is 0.803. The number of rotatable bonds is 5. The molecule has 1 aliphatic rings. The van der Waals surface area contributed by atoms with Gasteiger partial charge < -0.3 is 20.8 Å². The van der Waals surface area contributed by atoms with Crippen molar-refractivity contribution in [3.8, 4) is 0 Å². The third kappa shape index (κ3) is 3.55. The summed E-state index contributed by atoms with van der Waals surface area (Å²) in [7, 11) is 0. The van der Waals surface area contributed by atoms with Crippen molar-refractivity contribution in [1.29, 1.82) is 0 Å². The van der Waals surface area contributed by atoms with E-state index in [1.807, 2.05) is 0 Å². The van der Waals surface area contributed by atoms with Crippen molar-refractivity contribution in [3.63, 3.8) is 0 Å². The summed E-state index contributed by atoms with van der Waals surface area (Å²) < 4.78 is 0. The van der Waals surface area contributed by atoms with Crippen molar-refractivity contribution in [1.82, 2.24) is 10.6 Å².